The molecular formula is C22H20N2O3. The van der Waals surface area contributed by atoms with Crippen molar-refractivity contribution >= 4 is 5.91 Å². The summed E-state index contributed by atoms with van der Waals surface area (Å²) in [7, 11) is 0. The standard InChI is InChI=1S/C22H20N2O3/c25-22(21-11-6-14-27-21)24(17-20-10-5-13-26-20)16-19-9-4-12-23(19)15-18-7-2-1-3-8-18/h1-14H,15-17H2. The molecule has 3 heterocycles. The van der Waals surface area contributed by atoms with Crippen molar-refractivity contribution in [2.45, 2.75) is 19.6 Å². The quantitative estimate of drug-likeness (QED) is 0.485. The molecule has 0 saturated heterocycles. The van der Waals surface area contributed by atoms with Crippen molar-refractivity contribution in [3.63, 3.8) is 0 Å². The van der Waals surface area contributed by atoms with Gasteiger partial charge in [-0.25, -0.2) is 0 Å². The molecule has 0 aliphatic rings. The highest BCUT2D eigenvalue weighted by molar-refractivity contribution is 5.91. The molecule has 0 saturated carbocycles. The van der Waals surface area contributed by atoms with Crippen molar-refractivity contribution in [3.8, 4) is 0 Å². The fourth-order valence-corrected chi connectivity index (χ4v) is 3.07. The molecular weight excluding hydrogens is 340 g/mol. The lowest BCUT2D eigenvalue weighted by atomic mass is 10.2. The second-order valence-electron chi connectivity index (χ2n) is 6.33. The van der Waals surface area contributed by atoms with E-state index in [1.165, 1.54) is 11.8 Å². The molecule has 5 heteroatoms. The van der Waals surface area contributed by atoms with Gasteiger partial charge in [-0.3, -0.25) is 4.79 Å². The van der Waals surface area contributed by atoms with Crippen molar-refractivity contribution in [2.24, 2.45) is 0 Å². The molecule has 0 fully saturated rings. The highest BCUT2D eigenvalue weighted by atomic mass is 16.3. The smallest absolute Gasteiger partial charge is 0.290 e. The molecule has 0 unspecified atom stereocenters. The van der Waals surface area contributed by atoms with Gasteiger partial charge in [0.2, 0.25) is 0 Å². The number of rotatable bonds is 7. The predicted molar refractivity (Wildman–Crippen MR) is 101 cm³/mol. The average molecular weight is 360 g/mol. The molecule has 4 rings (SSSR count). The second-order valence-corrected chi connectivity index (χ2v) is 6.33. The highest BCUT2D eigenvalue weighted by Crippen LogP contribution is 2.16. The van der Waals surface area contributed by atoms with Gasteiger partial charge in [-0.1, -0.05) is 30.3 Å². The lowest BCUT2D eigenvalue weighted by Crippen LogP contribution is -2.30. The van der Waals surface area contributed by atoms with Crippen molar-refractivity contribution < 1.29 is 13.6 Å². The minimum atomic E-state index is -0.163. The highest BCUT2D eigenvalue weighted by Gasteiger charge is 2.21. The molecule has 5 nitrogen and oxygen atoms in total. The molecule has 1 amide bonds. The third-order valence-corrected chi connectivity index (χ3v) is 4.42. The first-order chi connectivity index (χ1) is 13.3. The molecule has 136 valence electrons. The van der Waals surface area contributed by atoms with E-state index in [-0.39, 0.29) is 5.91 Å². The van der Waals surface area contributed by atoms with Gasteiger partial charge in [-0.05, 0) is 42.0 Å². The third-order valence-electron chi connectivity index (χ3n) is 4.42. The van der Waals surface area contributed by atoms with Gasteiger partial charge in [-0.15, -0.1) is 0 Å². The van der Waals surface area contributed by atoms with Crippen LogP contribution in [0.4, 0.5) is 0 Å². The number of hydrogen-bond donors (Lipinski definition) is 0. The Morgan fingerprint density at radius 3 is 2.41 bits per heavy atom. The molecule has 3 aromatic heterocycles. The summed E-state index contributed by atoms with van der Waals surface area (Å²) in [6, 6.07) is 21.4. The van der Waals surface area contributed by atoms with E-state index in [2.05, 4.69) is 16.7 Å². The Labute approximate surface area is 157 Å². The molecule has 0 bridgehead atoms. The minimum Gasteiger partial charge on any atom is -0.467 e. The Kier molecular flexibility index (Phi) is 4.92. The lowest BCUT2D eigenvalue weighted by Gasteiger charge is -2.22. The Morgan fingerprint density at radius 2 is 1.67 bits per heavy atom. The van der Waals surface area contributed by atoms with E-state index in [0.29, 0.717) is 18.8 Å². The third kappa shape index (κ3) is 4.03. The summed E-state index contributed by atoms with van der Waals surface area (Å²) in [4.78, 5) is 14.6. The topological polar surface area (TPSA) is 51.5 Å². The Hall–Kier alpha value is -3.47. The predicted octanol–water partition coefficient (Wildman–Crippen LogP) is 4.57. The molecule has 0 atom stereocenters. The molecule has 4 aromatic rings. The molecule has 0 radical (unpaired) electrons. The Morgan fingerprint density at radius 1 is 0.852 bits per heavy atom. The number of furan rings is 2. The van der Waals surface area contributed by atoms with Crippen LogP contribution >= 0.6 is 0 Å². The summed E-state index contributed by atoms with van der Waals surface area (Å²) < 4.78 is 12.9. The normalized spacial score (nSPS) is 10.8. The van der Waals surface area contributed by atoms with Crippen LogP contribution in [0.1, 0.15) is 27.6 Å². The van der Waals surface area contributed by atoms with Gasteiger partial charge < -0.3 is 18.3 Å². The number of carbonyl (C=O) groups excluding carboxylic acids is 1. The second kappa shape index (κ2) is 7.83. The Balaban J connectivity index is 1.56. The summed E-state index contributed by atoms with van der Waals surface area (Å²) in [6.45, 7) is 1.59. The van der Waals surface area contributed by atoms with E-state index in [0.717, 1.165) is 18.0 Å². The molecule has 1 aromatic carbocycles. The van der Waals surface area contributed by atoms with Crippen LogP contribution in [-0.4, -0.2) is 15.4 Å². The lowest BCUT2D eigenvalue weighted by molar-refractivity contribution is 0.0681. The number of aromatic nitrogens is 1. The summed E-state index contributed by atoms with van der Waals surface area (Å²) in [5, 5.41) is 0. The van der Waals surface area contributed by atoms with Gasteiger partial charge in [-0.2, -0.15) is 0 Å². The van der Waals surface area contributed by atoms with E-state index in [1.807, 2.05) is 48.7 Å². The van der Waals surface area contributed by atoms with Crippen molar-refractivity contribution in [1.82, 2.24) is 9.47 Å². The molecule has 27 heavy (non-hydrogen) atoms. The van der Waals surface area contributed by atoms with Gasteiger partial charge >= 0.3 is 0 Å². The van der Waals surface area contributed by atoms with Crippen LogP contribution < -0.4 is 0 Å². The van der Waals surface area contributed by atoms with Crippen LogP contribution in [0.3, 0.4) is 0 Å². The maximum atomic E-state index is 12.9. The van der Waals surface area contributed by atoms with Crippen LogP contribution in [0.25, 0.3) is 0 Å². The number of carbonyl (C=O) groups is 1. The van der Waals surface area contributed by atoms with Gasteiger partial charge in [0.25, 0.3) is 5.91 Å². The zero-order chi connectivity index (χ0) is 18.5. The maximum absolute atomic E-state index is 12.9. The van der Waals surface area contributed by atoms with Crippen molar-refractivity contribution in [2.75, 3.05) is 0 Å². The Bertz CT molecular complexity index is 970. The van der Waals surface area contributed by atoms with E-state index in [4.69, 9.17) is 8.83 Å². The number of amides is 1. The van der Waals surface area contributed by atoms with Crippen LogP contribution in [0.15, 0.2) is 94.3 Å². The summed E-state index contributed by atoms with van der Waals surface area (Å²) in [6.07, 6.45) is 5.16. The molecule has 0 N–H and O–H groups in total. The van der Waals surface area contributed by atoms with Crippen LogP contribution in [0, 0.1) is 0 Å². The van der Waals surface area contributed by atoms with Crippen molar-refractivity contribution in [1.29, 1.82) is 0 Å². The van der Waals surface area contributed by atoms with E-state index < -0.39 is 0 Å². The first kappa shape index (κ1) is 17.0. The average Bonchev–Trinajstić information content (AvgIpc) is 3.45. The largest absolute Gasteiger partial charge is 0.467 e. The number of hydrogen-bond acceptors (Lipinski definition) is 3. The fraction of sp³-hybridized carbons (Fsp3) is 0.136. The summed E-state index contributed by atoms with van der Waals surface area (Å²) in [5.41, 5.74) is 2.26. The van der Waals surface area contributed by atoms with Crippen LogP contribution in [0.2, 0.25) is 0 Å². The van der Waals surface area contributed by atoms with Gasteiger partial charge in [0.05, 0.1) is 25.6 Å². The van der Waals surface area contributed by atoms with E-state index >= 15 is 0 Å². The van der Waals surface area contributed by atoms with Crippen LogP contribution in [-0.2, 0) is 19.6 Å². The first-order valence-corrected chi connectivity index (χ1v) is 8.83. The van der Waals surface area contributed by atoms with Gasteiger partial charge in [0, 0.05) is 18.4 Å². The fourth-order valence-electron chi connectivity index (χ4n) is 3.07. The molecule has 0 spiro atoms. The monoisotopic (exact) mass is 360 g/mol. The zero-order valence-corrected chi connectivity index (χ0v) is 14.8. The molecule has 0 aliphatic heterocycles. The summed E-state index contributed by atoms with van der Waals surface area (Å²) in [5.74, 6) is 0.891. The molecule has 0 aliphatic carbocycles. The first-order valence-electron chi connectivity index (χ1n) is 8.83. The summed E-state index contributed by atoms with van der Waals surface area (Å²) >= 11 is 0. The van der Waals surface area contributed by atoms with E-state index in [9.17, 15) is 4.79 Å². The van der Waals surface area contributed by atoms with Gasteiger partial charge in [0.1, 0.15) is 5.76 Å². The SMILES string of the molecule is O=C(c1ccco1)N(Cc1ccco1)Cc1cccn1Cc1ccccc1. The van der Waals surface area contributed by atoms with Crippen molar-refractivity contribution in [3.05, 3.63) is 108 Å². The number of nitrogens with zero attached hydrogens (tertiary/aromatic N) is 2. The van der Waals surface area contributed by atoms with Gasteiger partial charge in [0.15, 0.2) is 5.76 Å². The maximum Gasteiger partial charge on any atom is 0.290 e. The zero-order valence-electron chi connectivity index (χ0n) is 14.8. The minimum absolute atomic E-state index is 0.163. The number of benzene rings is 1. The van der Waals surface area contributed by atoms with E-state index in [1.54, 1.807) is 23.3 Å². The van der Waals surface area contributed by atoms with Crippen LogP contribution in [0.5, 0.6) is 0 Å².